The molecule has 0 spiro atoms. The molecule has 13 heavy (non-hydrogen) atoms. The van der Waals surface area contributed by atoms with Crippen LogP contribution in [0.2, 0.25) is 0 Å². The van der Waals surface area contributed by atoms with Gasteiger partial charge in [-0.2, -0.15) is 0 Å². The van der Waals surface area contributed by atoms with Crippen LogP contribution in [0.3, 0.4) is 0 Å². The number of aromatic amines is 1. The average Bonchev–Trinajstić information content (AvgIpc) is 2.49. The van der Waals surface area contributed by atoms with Crippen LogP contribution in [0, 0.1) is 0 Å². The number of fused-ring (bicyclic) bond motifs is 1. The van der Waals surface area contributed by atoms with Crippen molar-refractivity contribution in [2.45, 2.75) is 6.42 Å². The zero-order valence-electron chi connectivity index (χ0n) is 7.03. The van der Waals surface area contributed by atoms with Crippen molar-refractivity contribution < 1.29 is 5.11 Å². The number of H-pyrrole nitrogens is 1. The van der Waals surface area contributed by atoms with Gasteiger partial charge in [0, 0.05) is 31.0 Å². The molecule has 2 N–H and O–H groups in total. The van der Waals surface area contributed by atoms with Gasteiger partial charge in [-0.1, -0.05) is 6.07 Å². The van der Waals surface area contributed by atoms with Gasteiger partial charge in [-0.05, 0) is 6.07 Å². The van der Waals surface area contributed by atoms with Crippen LogP contribution in [-0.4, -0.2) is 21.1 Å². The van der Waals surface area contributed by atoms with E-state index in [0.29, 0.717) is 6.42 Å². The molecule has 0 unspecified atom stereocenters. The molecule has 0 aliphatic rings. The molecule has 0 saturated carbocycles. The second-order valence-corrected chi connectivity index (χ2v) is 2.87. The Morgan fingerprint density at radius 2 is 2.31 bits per heavy atom. The van der Waals surface area contributed by atoms with Gasteiger partial charge < -0.3 is 10.1 Å². The molecule has 4 nitrogen and oxygen atoms in total. The summed E-state index contributed by atoms with van der Waals surface area (Å²) in [6, 6.07) is 5.03. The number of aliphatic hydroxyl groups is 1. The highest BCUT2D eigenvalue weighted by Gasteiger charge is 1.99. The number of imidazole rings is 1. The standard InChI is InChI=1S/C9H10N2O2/c12-5-4-7-6-11-8(10-7)2-1-3-9(11)13/h1-3,6,10,12H,4-5H2. The molecule has 0 bridgehead atoms. The van der Waals surface area contributed by atoms with Crippen molar-refractivity contribution in [3.8, 4) is 0 Å². The number of hydrogen-bond acceptors (Lipinski definition) is 2. The van der Waals surface area contributed by atoms with Gasteiger partial charge >= 0.3 is 0 Å². The lowest BCUT2D eigenvalue weighted by Gasteiger charge is -1.87. The smallest absolute Gasteiger partial charge is 0.256 e. The molecular formula is C9H10N2O2. The minimum Gasteiger partial charge on any atom is -0.396 e. The molecule has 0 radical (unpaired) electrons. The molecule has 0 fully saturated rings. The van der Waals surface area contributed by atoms with Crippen LogP contribution < -0.4 is 5.56 Å². The van der Waals surface area contributed by atoms with Crippen molar-refractivity contribution in [1.82, 2.24) is 9.38 Å². The Kier molecular flexibility index (Phi) is 1.90. The van der Waals surface area contributed by atoms with E-state index in [-0.39, 0.29) is 12.2 Å². The van der Waals surface area contributed by atoms with Crippen LogP contribution in [0.5, 0.6) is 0 Å². The molecule has 0 atom stereocenters. The Labute approximate surface area is 74.5 Å². The van der Waals surface area contributed by atoms with Crippen molar-refractivity contribution in [2.24, 2.45) is 0 Å². The highest BCUT2D eigenvalue weighted by atomic mass is 16.3. The van der Waals surface area contributed by atoms with E-state index < -0.39 is 0 Å². The van der Waals surface area contributed by atoms with Crippen molar-refractivity contribution >= 4 is 5.65 Å². The number of nitrogens with zero attached hydrogens (tertiary/aromatic N) is 1. The summed E-state index contributed by atoms with van der Waals surface area (Å²) in [5.74, 6) is 0. The number of aliphatic hydroxyl groups excluding tert-OH is 1. The second-order valence-electron chi connectivity index (χ2n) is 2.87. The summed E-state index contributed by atoms with van der Waals surface area (Å²) in [6.07, 6.45) is 2.26. The van der Waals surface area contributed by atoms with Crippen molar-refractivity contribution in [3.05, 3.63) is 40.4 Å². The van der Waals surface area contributed by atoms with Crippen molar-refractivity contribution in [3.63, 3.8) is 0 Å². The predicted molar refractivity (Wildman–Crippen MR) is 48.8 cm³/mol. The Bertz CT molecular complexity index is 470. The van der Waals surface area contributed by atoms with Crippen LogP contribution in [0.1, 0.15) is 5.69 Å². The lowest BCUT2D eigenvalue weighted by molar-refractivity contribution is 0.298. The molecule has 2 heterocycles. The maximum atomic E-state index is 11.3. The fraction of sp³-hybridized carbons (Fsp3) is 0.222. The van der Waals surface area contributed by atoms with Gasteiger partial charge in [0.1, 0.15) is 5.65 Å². The monoisotopic (exact) mass is 178 g/mol. The first-order chi connectivity index (χ1) is 6.31. The highest BCUT2D eigenvalue weighted by molar-refractivity contribution is 5.39. The van der Waals surface area contributed by atoms with Crippen LogP contribution in [0.25, 0.3) is 5.65 Å². The lowest BCUT2D eigenvalue weighted by atomic mass is 10.4. The number of aromatic nitrogens is 2. The SMILES string of the molecule is O=c1cccc2[nH]c(CCO)cn12. The average molecular weight is 178 g/mol. The molecule has 0 aliphatic carbocycles. The number of pyridine rings is 1. The topological polar surface area (TPSA) is 57.5 Å². The lowest BCUT2D eigenvalue weighted by Crippen LogP contribution is -2.08. The maximum Gasteiger partial charge on any atom is 0.256 e. The normalized spacial score (nSPS) is 10.8. The van der Waals surface area contributed by atoms with E-state index in [1.165, 1.54) is 10.5 Å². The van der Waals surface area contributed by atoms with Gasteiger partial charge in [0.05, 0.1) is 0 Å². The second kappa shape index (κ2) is 3.06. The van der Waals surface area contributed by atoms with Gasteiger partial charge in [-0.15, -0.1) is 0 Å². The molecule has 2 rings (SSSR count). The predicted octanol–water partition coefficient (Wildman–Crippen LogP) is 0.162. The van der Waals surface area contributed by atoms with E-state index in [4.69, 9.17) is 5.11 Å². The summed E-state index contributed by atoms with van der Waals surface area (Å²) in [4.78, 5) is 14.3. The molecule has 2 aromatic rings. The molecule has 0 aliphatic heterocycles. The highest BCUT2D eigenvalue weighted by Crippen LogP contribution is 2.01. The Morgan fingerprint density at radius 1 is 1.46 bits per heavy atom. The van der Waals surface area contributed by atoms with E-state index in [1.54, 1.807) is 12.3 Å². The van der Waals surface area contributed by atoms with Crippen LogP contribution >= 0.6 is 0 Å². The Hall–Kier alpha value is -1.55. The number of nitrogens with one attached hydrogen (secondary N) is 1. The number of hydrogen-bond donors (Lipinski definition) is 2. The molecule has 2 aromatic heterocycles. The molecule has 68 valence electrons. The van der Waals surface area contributed by atoms with Crippen LogP contribution in [0.4, 0.5) is 0 Å². The first kappa shape index (κ1) is 8.07. The minimum atomic E-state index is -0.0575. The van der Waals surface area contributed by atoms with E-state index in [0.717, 1.165) is 11.3 Å². The summed E-state index contributed by atoms with van der Waals surface area (Å²) in [5.41, 5.74) is 1.57. The van der Waals surface area contributed by atoms with E-state index in [1.807, 2.05) is 6.07 Å². The summed E-state index contributed by atoms with van der Waals surface area (Å²) < 4.78 is 1.53. The zero-order chi connectivity index (χ0) is 9.26. The van der Waals surface area contributed by atoms with Gasteiger partial charge in [-0.25, -0.2) is 0 Å². The third kappa shape index (κ3) is 1.36. The van der Waals surface area contributed by atoms with Crippen molar-refractivity contribution in [2.75, 3.05) is 6.61 Å². The van der Waals surface area contributed by atoms with Gasteiger partial charge in [0.15, 0.2) is 0 Å². The fourth-order valence-corrected chi connectivity index (χ4v) is 1.34. The summed E-state index contributed by atoms with van der Waals surface area (Å²) in [5, 5.41) is 8.71. The third-order valence-corrected chi connectivity index (χ3v) is 1.94. The summed E-state index contributed by atoms with van der Waals surface area (Å²) in [6.45, 7) is 0.0849. The fourth-order valence-electron chi connectivity index (χ4n) is 1.34. The van der Waals surface area contributed by atoms with E-state index >= 15 is 0 Å². The zero-order valence-corrected chi connectivity index (χ0v) is 7.03. The first-order valence-corrected chi connectivity index (χ1v) is 4.11. The molecule has 4 heteroatoms. The molecular weight excluding hydrogens is 168 g/mol. The molecule has 0 aromatic carbocycles. The number of rotatable bonds is 2. The van der Waals surface area contributed by atoms with Crippen LogP contribution in [-0.2, 0) is 6.42 Å². The first-order valence-electron chi connectivity index (χ1n) is 4.11. The molecule has 0 amide bonds. The summed E-state index contributed by atoms with van der Waals surface area (Å²) >= 11 is 0. The Balaban J connectivity index is 2.62. The quantitative estimate of drug-likeness (QED) is 0.688. The Morgan fingerprint density at radius 3 is 3.00 bits per heavy atom. The van der Waals surface area contributed by atoms with Crippen LogP contribution in [0.15, 0.2) is 29.2 Å². The van der Waals surface area contributed by atoms with E-state index in [9.17, 15) is 4.79 Å². The van der Waals surface area contributed by atoms with Gasteiger partial charge in [0.25, 0.3) is 5.56 Å². The third-order valence-electron chi connectivity index (χ3n) is 1.94. The minimum absolute atomic E-state index is 0.0575. The van der Waals surface area contributed by atoms with Gasteiger partial charge in [-0.3, -0.25) is 9.20 Å². The van der Waals surface area contributed by atoms with E-state index in [2.05, 4.69) is 4.98 Å². The molecule has 0 saturated heterocycles. The van der Waals surface area contributed by atoms with Crippen molar-refractivity contribution in [1.29, 1.82) is 0 Å². The van der Waals surface area contributed by atoms with Gasteiger partial charge in [0.2, 0.25) is 0 Å². The maximum absolute atomic E-state index is 11.3. The summed E-state index contributed by atoms with van der Waals surface area (Å²) in [7, 11) is 0. The largest absolute Gasteiger partial charge is 0.396 e.